The van der Waals surface area contributed by atoms with Crippen molar-refractivity contribution in [2.75, 3.05) is 20.2 Å². The molecule has 0 aliphatic carbocycles. The van der Waals surface area contributed by atoms with Crippen molar-refractivity contribution in [3.8, 4) is 67.6 Å². The number of nitrogens with one attached hydrogen (secondary N) is 8. The molecule has 0 spiro atoms. The van der Waals surface area contributed by atoms with Crippen molar-refractivity contribution < 1.29 is 142 Å². The fourth-order valence-electron chi connectivity index (χ4n) is 15.6. The van der Waals surface area contributed by atoms with Crippen molar-refractivity contribution in [1.29, 1.82) is 0 Å². The van der Waals surface area contributed by atoms with E-state index in [4.69, 9.17) is 72.6 Å². The van der Waals surface area contributed by atoms with Gasteiger partial charge in [0, 0.05) is 57.6 Å². The van der Waals surface area contributed by atoms with E-state index >= 15 is 24.0 Å². The molecule has 11 bridgehead atoms. The number of rotatable bonds is 20. The Bertz CT molecular complexity index is 5250. The van der Waals surface area contributed by atoms with Gasteiger partial charge in [-0.1, -0.05) is 67.4 Å². The van der Waals surface area contributed by atoms with Crippen molar-refractivity contribution in [2.45, 2.75) is 193 Å². The zero-order valence-electron chi connectivity index (χ0n) is 67.1. The Morgan fingerprint density at radius 3 is 1.98 bits per heavy atom. The summed E-state index contributed by atoms with van der Waals surface area (Å²) in [4.78, 5) is 122. The topological polar surface area (TPSA) is 601 Å². The van der Waals surface area contributed by atoms with Crippen molar-refractivity contribution in [1.82, 2.24) is 42.5 Å². The van der Waals surface area contributed by atoms with Crippen LogP contribution in [0.5, 0.6) is 46.0 Å². The number of aliphatic hydroxyl groups excluding tert-OH is 8. The number of phenols is 3. The summed E-state index contributed by atoms with van der Waals surface area (Å²) in [6, 6.07) is 8.44. The summed E-state index contributed by atoms with van der Waals surface area (Å²) in [6.07, 6.45) is -29.3. The molecule has 3 fully saturated rings. The number of phenolic OH excluding ortho intramolecular Hbond substituents is 3. The standard InChI is InChI=1S/C83H93Cl2FN10O28S/c1-31(2)17-45(89-5)74(109)95-62-64(102)35-10-14-49(43(84)20-35)118-51-22-37-23-52(71(51)123-82-69(107)67(105)72(54(30-97)121-82)124-81-68(106)66(104)65(103)53(120-81)29-90-28-40-12-16-55(125-40)33-7-6-8-38(86)18-33)119-50-15-11-36(21-44(50)85)70(122-57-27-83(4,88)73(108)32(3)117-57)63-79(114)94-61(80(115)116)42-24-39(98)25-48(100)58(42)41-19-34(9-13-47(41)99)59(76(111)96-63)93-77(112)60(37)92-75(110)46(26-56(87)101)91-78(62)113/h6-16,18-25,31-32,45-46,53-54,57,59-70,72-73,81-82,89-90,97-100,102-108H,17,26-30,88H2,1-5H3,(H2,87,101)(H,91,113)(H,92,110)(H,93,112)(H,94,114)(H,95,109)(H,96,111)(H,115,116)/t32-,45+,46+,53+,54+,57?,59+,60+,61+,62?,63-,64+,65-,66-,67+,68+,69+,70+,72+,73-,81-,82-,83-/m0/s1. The minimum atomic E-state index is -2.43. The zero-order valence-corrected chi connectivity index (χ0v) is 69.4. The monoisotopic (exact) mass is 1800 g/mol. The molecule has 3 saturated heterocycles. The van der Waals surface area contributed by atoms with Crippen molar-refractivity contribution in [2.24, 2.45) is 17.4 Å². The fourth-order valence-corrected chi connectivity index (χ4v) is 17.0. The molecule has 7 aromatic rings. The Balaban J connectivity index is 0.968. The molecule has 8 aliphatic heterocycles. The van der Waals surface area contributed by atoms with Crippen LogP contribution in [0, 0.1) is 11.7 Å². The zero-order chi connectivity index (χ0) is 90.2. The highest BCUT2D eigenvalue weighted by Gasteiger charge is 2.53. The number of thiophene rings is 1. The lowest BCUT2D eigenvalue weighted by Crippen LogP contribution is -2.65. The summed E-state index contributed by atoms with van der Waals surface area (Å²) < 4.78 is 65.3. The van der Waals surface area contributed by atoms with Gasteiger partial charge in [-0.05, 0) is 140 Å². The maximum absolute atomic E-state index is 16.4. The Labute approximate surface area is 725 Å². The smallest absolute Gasteiger partial charge is 0.330 e. The summed E-state index contributed by atoms with van der Waals surface area (Å²) in [5, 5.41) is 159. The number of hydrogen-bond acceptors (Lipinski definition) is 31. The lowest BCUT2D eigenvalue weighted by atomic mass is 9.86. The van der Waals surface area contributed by atoms with Crippen LogP contribution in [0.1, 0.15) is 110 Å². The Kier molecular flexibility index (Phi) is 28.3. The molecule has 0 saturated carbocycles. The number of carbonyl (C=O) groups excluding carboxylic acids is 7. The molecule has 8 aliphatic rings. The normalized spacial score (nSPS) is 29.8. The molecule has 125 heavy (non-hydrogen) atoms. The van der Waals surface area contributed by atoms with Gasteiger partial charge in [0.2, 0.25) is 53.4 Å². The third-order valence-electron chi connectivity index (χ3n) is 22.1. The van der Waals surface area contributed by atoms with E-state index in [-0.39, 0.29) is 43.0 Å². The number of nitrogens with two attached hydrogens (primary N) is 2. The summed E-state index contributed by atoms with van der Waals surface area (Å²) in [5.74, 6) is -17.2. The molecular formula is C83H93Cl2FN10O28S. The number of carboxylic acid groups (broad SMARTS) is 1. The molecule has 42 heteroatoms. The number of amides is 7. The highest BCUT2D eigenvalue weighted by Crippen LogP contribution is 2.51. The second-order valence-corrected chi connectivity index (χ2v) is 33.7. The fraction of sp³-hybridized carbons (Fsp3) is 0.422. The van der Waals surface area contributed by atoms with Crippen molar-refractivity contribution in [3.63, 3.8) is 0 Å². The highest BCUT2D eigenvalue weighted by atomic mass is 35.5. The van der Waals surface area contributed by atoms with Gasteiger partial charge in [0.1, 0.15) is 126 Å². The lowest BCUT2D eigenvalue weighted by molar-refractivity contribution is -0.350. The van der Waals surface area contributed by atoms with Gasteiger partial charge in [-0.3, -0.25) is 33.6 Å². The number of halogens is 3. The van der Waals surface area contributed by atoms with E-state index in [0.29, 0.717) is 5.56 Å². The van der Waals surface area contributed by atoms with Crippen molar-refractivity contribution in [3.05, 3.63) is 164 Å². The van der Waals surface area contributed by atoms with E-state index in [1.54, 1.807) is 38.1 Å². The third kappa shape index (κ3) is 20.2. The number of carboxylic acids is 1. The Morgan fingerprint density at radius 1 is 0.680 bits per heavy atom. The van der Waals surface area contributed by atoms with Gasteiger partial charge >= 0.3 is 5.97 Å². The molecule has 1 aromatic heterocycles. The van der Waals surface area contributed by atoms with Crippen LogP contribution in [0.2, 0.25) is 10.0 Å². The second kappa shape index (κ2) is 38.3. The van der Waals surface area contributed by atoms with Crippen LogP contribution >= 0.6 is 34.5 Å². The molecule has 23 atom stereocenters. The van der Waals surface area contributed by atoms with Crippen molar-refractivity contribution >= 4 is 81.9 Å². The number of aliphatic hydroxyl groups is 8. The maximum Gasteiger partial charge on any atom is 0.330 e. The number of ether oxygens (including phenoxy) is 8. The minimum absolute atomic E-state index is 0.133. The number of fused-ring (bicyclic) bond motifs is 15. The van der Waals surface area contributed by atoms with E-state index < -0.39 is 290 Å². The first kappa shape index (κ1) is 92.1. The molecule has 2 unspecified atom stereocenters. The van der Waals surface area contributed by atoms with E-state index in [9.17, 15) is 80.1 Å². The van der Waals surface area contributed by atoms with Crippen LogP contribution in [-0.2, 0) is 68.6 Å². The van der Waals surface area contributed by atoms with E-state index in [0.717, 1.165) is 76.5 Å². The lowest BCUT2D eigenvalue weighted by Gasteiger charge is -2.46. The van der Waals surface area contributed by atoms with Gasteiger partial charge in [-0.15, -0.1) is 11.3 Å². The number of benzene rings is 6. The molecule has 0 radical (unpaired) electrons. The average Bonchev–Trinajstić information content (AvgIpc) is 0.882. The van der Waals surface area contributed by atoms with Gasteiger partial charge < -0.3 is 153 Å². The van der Waals surface area contributed by atoms with E-state index in [1.165, 1.54) is 56.5 Å². The second-order valence-electron chi connectivity index (χ2n) is 31.7. The Hall–Kier alpha value is -10.6. The van der Waals surface area contributed by atoms with Crippen LogP contribution in [-0.4, -0.2) is 238 Å². The molecule has 15 rings (SSSR count). The van der Waals surface area contributed by atoms with E-state index in [1.807, 2.05) is 0 Å². The first-order valence-electron chi connectivity index (χ1n) is 39.5. The summed E-state index contributed by atoms with van der Waals surface area (Å²) in [5.41, 5.74) is 8.58. The molecular weight excluding hydrogens is 1710 g/mol. The van der Waals surface area contributed by atoms with Crippen LogP contribution < -0.4 is 68.2 Å². The number of likely N-dealkylation sites (N-methyl/N-ethyl adjacent to an activating group) is 1. The quantitative estimate of drug-likeness (QED) is 0.0515. The Morgan fingerprint density at radius 2 is 1.33 bits per heavy atom. The number of aliphatic carboxylic acids is 1. The predicted molar refractivity (Wildman–Crippen MR) is 436 cm³/mol. The largest absolute Gasteiger partial charge is 0.508 e. The maximum atomic E-state index is 16.4. The molecule has 6 aromatic carbocycles. The van der Waals surface area contributed by atoms with E-state index in [2.05, 4.69) is 42.5 Å². The van der Waals surface area contributed by atoms with Crippen LogP contribution in [0.3, 0.4) is 0 Å². The predicted octanol–water partition coefficient (Wildman–Crippen LogP) is 1.60. The number of hydrogen-bond donors (Lipinski definition) is 22. The molecule has 7 amide bonds. The SMILES string of the molecule is CN[C@H](CC(C)C)C(=O)NC1C(=O)N[C@H](CC(N)=O)C(=O)N[C@H]2C(=O)N[C@H]3C(=O)N[C@H](C(=O)N[C@@H](C(=O)O)c4cc(O)cc(O)c4-c4cc3ccc4O)[C@H](OC3C[C@](C)(N)[C@@H](O)[C@H](C)O3)c3ccc(c(Cl)c3)Oc3cc2cc(c3O[C@@H]2O[C@H](CO)[C@@H](O[C@@H]3O[C@H](CNCc4ccc(-c5cccc(F)c5)s4)[C@H](O)[C@H](O)[C@H]3O)[C@H](O)[C@H]2O)Oc2ccc(cc2Cl)[C@H]1O. The van der Waals surface area contributed by atoms with Gasteiger partial charge in [-0.2, -0.15) is 0 Å². The first-order valence-corrected chi connectivity index (χ1v) is 41.0. The first-order chi connectivity index (χ1) is 59.3. The molecule has 9 heterocycles. The van der Waals surface area contributed by atoms with Gasteiger partial charge in [0.15, 0.2) is 30.1 Å². The van der Waals surface area contributed by atoms with Gasteiger partial charge in [0.05, 0.1) is 41.3 Å². The number of aromatic hydroxyl groups is 3. The number of primary amides is 1. The highest BCUT2D eigenvalue weighted by molar-refractivity contribution is 7.15. The number of carbonyl (C=O) groups is 8. The molecule has 38 nitrogen and oxygen atoms in total. The van der Waals surface area contributed by atoms with Gasteiger partial charge in [-0.25, -0.2) is 9.18 Å². The van der Waals surface area contributed by atoms with Crippen LogP contribution in [0.15, 0.2) is 115 Å². The average molecular weight is 1800 g/mol. The molecule has 670 valence electrons. The summed E-state index contributed by atoms with van der Waals surface area (Å²) >= 11 is 15.8. The third-order valence-corrected chi connectivity index (χ3v) is 23.8. The minimum Gasteiger partial charge on any atom is -0.508 e. The molecule has 24 N–H and O–H groups in total. The van der Waals surface area contributed by atoms with Crippen LogP contribution in [0.25, 0.3) is 21.6 Å². The summed E-state index contributed by atoms with van der Waals surface area (Å²) in [7, 11) is 1.46. The van der Waals surface area contributed by atoms with Crippen LogP contribution in [0.4, 0.5) is 4.39 Å². The summed E-state index contributed by atoms with van der Waals surface area (Å²) in [6.45, 7) is 5.36. The van der Waals surface area contributed by atoms with Gasteiger partial charge in [0.25, 0.3) is 0 Å².